The maximum absolute atomic E-state index is 12.5. The molecule has 0 bridgehead atoms. The van der Waals surface area contributed by atoms with E-state index in [1.807, 2.05) is 36.4 Å². The number of halogens is 1. The summed E-state index contributed by atoms with van der Waals surface area (Å²) < 4.78 is 5.28. The molecule has 2 aromatic rings. The van der Waals surface area contributed by atoms with Crippen LogP contribution in [-0.4, -0.2) is 20.1 Å². The molecule has 0 atom stereocenters. The first-order chi connectivity index (χ1) is 9.67. The first-order valence-electron chi connectivity index (χ1n) is 6.23. The first-order valence-corrected chi connectivity index (χ1v) is 6.76. The molecule has 0 saturated heterocycles. The Hall–Kier alpha value is -2.00. The monoisotopic (exact) mass is 289 g/mol. The summed E-state index contributed by atoms with van der Waals surface area (Å²) in [7, 11) is 3.32. The van der Waals surface area contributed by atoms with Gasteiger partial charge in [0.25, 0.3) is 5.91 Å². The van der Waals surface area contributed by atoms with E-state index in [2.05, 4.69) is 0 Å². The van der Waals surface area contributed by atoms with E-state index in [4.69, 9.17) is 16.3 Å². The van der Waals surface area contributed by atoms with Crippen LogP contribution in [0.5, 0.6) is 5.75 Å². The van der Waals surface area contributed by atoms with E-state index in [1.165, 1.54) is 0 Å². The predicted octanol–water partition coefficient (Wildman–Crippen LogP) is 3.71. The molecule has 0 aromatic heterocycles. The number of anilines is 1. The normalized spacial score (nSPS) is 10.2. The molecule has 4 heteroatoms. The molecule has 0 radical (unpaired) electrons. The number of hydrogen-bond donors (Lipinski definition) is 0. The van der Waals surface area contributed by atoms with Gasteiger partial charge in [0, 0.05) is 18.5 Å². The van der Waals surface area contributed by atoms with Gasteiger partial charge in [-0.15, -0.1) is 11.6 Å². The zero-order chi connectivity index (χ0) is 14.5. The van der Waals surface area contributed by atoms with Crippen molar-refractivity contribution in [1.29, 1.82) is 0 Å². The number of hydrogen-bond acceptors (Lipinski definition) is 2. The van der Waals surface area contributed by atoms with Crippen molar-refractivity contribution in [3.05, 3.63) is 59.7 Å². The second-order valence-corrected chi connectivity index (χ2v) is 4.64. The fourth-order valence-corrected chi connectivity index (χ4v) is 2.16. The molecular formula is C16H16ClNO2. The number of alkyl halides is 1. The van der Waals surface area contributed by atoms with Crippen molar-refractivity contribution < 1.29 is 9.53 Å². The minimum Gasteiger partial charge on any atom is -0.495 e. The number of benzene rings is 2. The van der Waals surface area contributed by atoms with E-state index in [0.29, 0.717) is 17.2 Å². The largest absolute Gasteiger partial charge is 0.495 e. The molecule has 0 heterocycles. The van der Waals surface area contributed by atoms with Crippen LogP contribution in [0.1, 0.15) is 15.9 Å². The van der Waals surface area contributed by atoms with Crippen LogP contribution < -0.4 is 9.64 Å². The number of carbonyl (C=O) groups excluding carboxylic acids is 1. The average molecular weight is 290 g/mol. The summed E-state index contributed by atoms with van der Waals surface area (Å²) in [5, 5.41) is 0. The summed E-state index contributed by atoms with van der Waals surface area (Å²) in [6, 6.07) is 14.7. The van der Waals surface area contributed by atoms with Gasteiger partial charge in [-0.2, -0.15) is 0 Å². The molecule has 2 aromatic carbocycles. The van der Waals surface area contributed by atoms with Crippen LogP contribution >= 0.6 is 11.6 Å². The zero-order valence-electron chi connectivity index (χ0n) is 11.5. The zero-order valence-corrected chi connectivity index (χ0v) is 12.2. The number of rotatable bonds is 4. The van der Waals surface area contributed by atoms with Gasteiger partial charge in [0.2, 0.25) is 0 Å². The maximum atomic E-state index is 12.5. The Bertz CT molecular complexity index is 613. The van der Waals surface area contributed by atoms with Gasteiger partial charge >= 0.3 is 0 Å². The SMILES string of the molecule is COc1ccccc1N(C)C(=O)c1cccc(CCl)c1. The third-order valence-electron chi connectivity index (χ3n) is 3.08. The number of amides is 1. The fraction of sp³-hybridized carbons (Fsp3) is 0.188. The highest BCUT2D eigenvalue weighted by Gasteiger charge is 2.16. The highest BCUT2D eigenvalue weighted by atomic mass is 35.5. The van der Waals surface area contributed by atoms with Crippen LogP contribution in [0.15, 0.2) is 48.5 Å². The first kappa shape index (κ1) is 14.4. The summed E-state index contributed by atoms with van der Waals surface area (Å²) >= 11 is 5.80. The van der Waals surface area contributed by atoms with Crippen molar-refractivity contribution in [2.45, 2.75) is 5.88 Å². The number of ether oxygens (including phenoxy) is 1. The molecule has 0 fully saturated rings. The van der Waals surface area contributed by atoms with Gasteiger partial charge in [0.1, 0.15) is 5.75 Å². The van der Waals surface area contributed by atoms with Crippen molar-refractivity contribution in [3.63, 3.8) is 0 Å². The standard InChI is InChI=1S/C16H16ClNO2/c1-18(14-8-3-4-9-15(14)20-2)16(19)13-7-5-6-12(10-13)11-17/h3-10H,11H2,1-2H3. The predicted molar refractivity (Wildman–Crippen MR) is 81.7 cm³/mol. The highest BCUT2D eigenvalue weighted by Crippen LogP contribution is 2.27. The number of carbonyl (C=O) groups is 1. The lowest BCUT2D eigenvalue weighted by molar-refractivity contribution is 0.0992. The van der Waals surface area contributed by atoms with Gasteiger partial charge in [-0.3, -0.25) is 4.79 Å². The van der Waals surface area contributed by atoms with Gasteiger partial charge in [0.15, 0.2) is 0 Å². The molecule has 0 unspecified atom stereocenters. The summed E-state index contributed by atoms with van der Waals surface area (Å²) in [6.45, 7) is 0. The van der Waals surface area contributed by atoms with Crippen molar-refractivity contribution in [3.8, 4) is 5.75 Å². The Morgan fingerprint density at radius 3 is 2.65 bits per heavy atom. The van der Waals surface area contributed by atoms with Gasteiger partial charge in [-0.05, 0) is 29.8 Å². The number of methoxy groups -OCH3 is 1. The lowest BCUT2D eigenvalue weighted by Crippen LogP contribution is -2.26. The van der Waals surface area contributed by atoms with E-state index >= 15 is 0 Å². The molecule has 0 aliphatic rings. The van der Waals surface area contributed by atoms with Gasteiger partial charge in [-0.1, -0.05) is 24.3 Å². The Labute approximate surface area is 123 Å². The third kappa shape index (κ3) is 2.94. The van der Waals surface area contributed by atoms with Gasteiger partial charge in [0.05, 0.1) is 12.8 Å². The molecule has 0 aliphatic heterocycles. The molecule has 104 valence electrons. The Balaban J connectivity index is 2.32. The van der Waals surface area contributed by atoms with Gasteiger partial charge < -0.3 is 9.64 Å². The smallest absolute Gasteiger partial charge is 0.258 e. The maximum Gasteiger partial charge on any atom is 0.258 e. The molecule has 20 heavy (non-hydrogen) atoms. The Morgan fingerprint density at radius 1 is 1.20 bits per heavy atom. The molecule has 0 saturated carbocycles. The van der Waals surface area contributed by atoms with Crippen LogP contribution in [-0.2, 0) is 5.88 Å². The summed E-state index contributed by atoms with van der Waals surface area (Å²) in [4.78, 5) is 14.1. The lowest BCUT2D eigenvalue weighted by atomic mass is 10.1. The van der Waals surface area contributed by atoms with E-state index in [1.54, 1.807) is 31.2 Å². The molecule has 0 spiro atoms. The molecule has 1 amide bonds. The highest BCUT2D eigenvalue weighted by molar-refractivity contribution is 6.17. The quantitative estimate of drug-likeness (QED) is 0.803. The molecule has 3 nitrogen and oxygen atoms in total. The van der Waals surface area contributed by atoms with Crippen molar-refractivity contribution in [1.82, 2.24) is 0 Å². The minimum absolute atomic E-state index is 0.0959. The number of para-hydroxylation sites is 2. The van der Waals surface area contributed by atoms with Crippen LogP contribution in [0, 0.1) is 0 Å². The molecular weight excluding hydrogens is 274 g/mol. The van der Waals surface area contributed by atoms with Crippen molar-refractivity contribution in [2.24, 2.45) is 0 Å². The van der Waals surface area contributed by atoms with E-state index in [-0.39, 0.29) is 5.91 Å². The Kier molecular flexibility index (Phi) is 4.64. The van der Waals surface area contributed by atoms with Crippen LogP contribution in [0.2, 0.25) is 0 Å². The van der Waals surface area contributed by atoms with Crippen LogP contribution in [0.25, 0.3) is 0 Å². The number of nitrogens with zero attached hydrogens (tertiary/aromatic N) is 1. The summed E-state index contributed by atoms with van der Waals surface area (Å²) in [6.07, 6.45) is 0. The van der Waals surface area contributed by atoms with E-state index in [0.717, 1.165) is 11.3 Å². The topological polar surface area (TPSA) is 29.5 Å². The average Bonchev–Trinajstić information content (AvgIpc) is 2.53. The van der Waals surface area contributed by atoms with E-state index in [9.17, 15) is 4.79 Å². The third-order valence-corrected chi connectivity index (χ3v) is 3.39. The van der Waals surface area contributed by atoms with Crippen LogP contribution in [0.3, 0.4) is 0 Å². The fourth-order valence-electron chi connectivity index (χ4n) is 2.00. The van der Waals surface area contributed by atoms with Gasteiger partial charge in [-0.25, -0.2) is 0 Å². The van der Waals surface area contributed by atoms with Crippen LogP contribution in [0.4, 0.5) is 5.69 Å². The lowest BCUT2D eigenvalue weighted by Gasteiger charge is -2.20. The summed E-state index contributed by atoms with van der Waals surface area (Å²) in [5.41, 5.74) is 2.26. The Morgan fingerprint density at radius 2 is 1.95 bits per heavy atom. The van der Waals surface area contributed by atoms with Crippen molar-refractivity contribution in [2.75, 3.05) is 19.1 Å². The second kappa shape index (κ2) is 6.44. The minimum atomic E-state index is -0.0959. The van der Waals surface area contributed by atoms with E-state index < -0.39 is 0 Å². The molecule has 0 aliphatic carbocycles. The van der Waals surface area contributed by atoms with Crippen molar-refractivity contribution >= 4 is 23.2 Å². The molecule has 2 rings (SSSR count). The second-order valence-electron chi connectivity index (χ2n) is 4.37. The summed E-state index contributed by atoms with van der Waals surface area (Å²) in [5.74, 6) is 0.956. The molecule has 0 N–H and O–H groups in total.